The number of hydrogen-bond donors (Lipinski definition) is 1. The van der Waals surface area contributed by atoms with Gasteiger partial charge < -0.3 is 5.32 Å². The zero-order valence-electron chi connectivity index (χ0n) is 17.4. The quantitative estimate of drug-likeness (QED) is 0.470. The number of anilines is 2. The predicted octanol–water partition coefficient (Wildman–Crippen LogP) is 4.89. The van der Waals surface area contributed by atoms with Crippen LogP contribution in [0.1, 0.15) is 16.7 Å². The topological polar surface area (TPSA) is 76.3 Å². The van der Waals surface area contributed by atoms with Crippen molar-refractivity contribution in [2.45, 2.75) is 25.7 Å². The van der Waals surface area contributed by atoms with Crippen LogP contribution in [0.25, 0.3) is 5.69 Å². The van der Waals surface area contributed by atoms with Crippen LogP contribution in [-0.4, -0.2) is 17.4 Å². The van der Waals surface area contributed by atoms with E-state index in [1.165, 1.54) is 0 Å². The molecule has 6 nitrogen and oxygen atoms in total. The van der Waals surface area contributed by atoms with Gasteiger partial charge in [-0.3, -0.25) is 4.57 Å². The molecule has 0 aliphatic rings. The highest BCUT2D eigenvalue weighted by Gasteiger charge is 2.16. The van der Waals surface area contributed by atoms with Crippen molar-refractivity contribution in [1.29, 1.82) is 0 Å². The lowest BCUT2D eigenvalue weighted by Crippen LogP contribution is -2.17. The summed E-state index contributed by atoms with van der Waals surface area (Å²) in [7, 11) is -3.89. The van der Waals surface area contributed by atoms with Crippen LogP contribution in [0.2, 0.25) is 0 Å². The van der Waals surface area contributed by atoms with E-state index in [4.69, 9.17) is 0 Å². The van der Waals surface area contributed by atoms with Crippen molar-refractivity contribution in [2.75, 3.05) is 5.32 Å². The van der Waals surface area contributed by atoms with Gasteiger partial charge in [-0.05, 0) is 57.2 Å². The third-order valence-corrected chi connectivity index (χ3v) is 6.83. The van der Waals surface area contributed by atoms with Crippen LogP contribution < -0.4 is 10.1 Å². The standard InChI is InChI=1S/C23H22N4O2S2/c1-16-4-10-19(11-5-16)24-22-25-30-23(27(22)20-12-6-17(2)7-13-20)26-31(28,29)21-14-8-18(3)9-15-21/h4-15H,1-3H3,(H,24,25). The first kappa shape index (κ1) is 21.0. The molecule has 4 rings (SSSR count). The predicted molar refractivity (Wildman–Crippen MR) is 125 cm³/mol. The van der Waals surface area contributed by atoms with E-state index < -0.39 is 10.0 Å². The van der Waals surface area contributed by atoms with E-state index in [1.54, 1.807) is 28.8 Å². The summed E-state index contributed by atoms with van der Waals surface area (Å²) in [5.74, 6) is 0.496. The maximum absolute atomic E-state index is 12.9. The van der Waals surface area contributed by atoms with Crippen molar-refractivity contribution < 1.29 is 8.42 Å². The Labute approximate surface area is 185 Å². The van der Waals surface area contributed by atoms with E-state index >= 15 is 0 Å². The maximum atomic E-state index is 12.9. The van der Waals surface area contributed by atoms with Crippen molar-refractivity contribution >= 4 is 33.2 Å². The number of hydrogen-bond acceptors (Lipinski definition) is 5. The number of nitrogens with one attached hydrogen (secondary N) is 1. The summed E-state index contributed by atoms with van der Waals surface area (Å²) in [6.07, 6.45) is 0. The van der Waals surface area contributed by atoms with E-state index in [-0.39, 0.29) is 9.70 Å². The minimum absolute atomic E-state index is 0.148. The lowest BCUT2D eigenvalue weighted by atomic mass is 10.2. The fourth-order valence-electron chi connectivity index (χ4n) is 2.95. The van der Waals surface area contributed by atoms with Crippen molar-refractivity contribution in [2.24, 2.45) is 4.40 Å². The Morgan fingerprint density at radius 3 is 1.90 bits per heavy atom. The number of benzene rings is 3. The Morgan fingerprint density at radius 1 is 0.806 bits per heavy atom. The van der Waals surface area contributed by atoms with Crippen molar-refractivity contribution in [3.63, 3.8) is 0 Å². The zero-order valence-corrected chi connectivity index (χ0v) is 19.0. The van der Waals surface area contributed by atoms with Gasteiger partial charge in [-0.2, -0.15) is 12.8 Å². The molecule has 1 heterocycles. The molecule has 0 aliphatic heterocycles. The molecule has 0 aliphatic carbocycles. The highest BCUT2D eigenvalue weighted by molar-refractivity contribution is 7.90. The summed E-state index contributed by atoms with van der Waals surface area (Å²) in [5, 5.41) is 3.27. The molecule has 0 saturated heterocycles. The molecule has 0 radical (unpaired) electrons. The Kier molecular flexibility index (Phi) is 5.75. The molecule has 4 aromatic rings. The number of aromatic nitrogens is 2. The number of aryl methyl sites for hydroxylation is 3. The summed E-state index contributed by atoms with van der Waals surface area (Å²) in [6.45, 7) is 5.93. The zero-order chi connectivity index (χ0) is 22.0. The van der Waals surface area contributed by atoms with Gasteiger partial charge in [0.2, 0.25) is 10.7 Å². The second kappa shape index (κ2) is 8.49. The van der Waals surface area contributed by atoms with E-state index in [2.05, 4.69) is 14.1 Å². The third kappa shape index (κ3) is 4.76. The van der Waals surface area contributed by atoms with Crippen LogP contribution in [0.5, 0.6) is 0 Å². The molecule has 158 valence electrons. The average Bonchev–Trinajstić information content (AvgIpc) is 3.12. The van der Waals surface area contributed by atoms with Crippen molar-refractivity contribution in [1.82, 2.24) is 8.94 Å². The van der Waals surface area contributed by atoms with Gasteiger partial charge in [0.25, 0.3) is 10.0 Å². The first-order valence-electron chi connectivity index (χ1n) is 9.69. The first-order valence-corrected chi connectivity index (χ1v) is 11.9. The minimum Gasteiger partial charge on any atom is -0.325 e. The number of sulfonamides is 1. The molecule has 0 unspecified atom stereocenters. The number of rotatable bonds is 5. The van der Waals surface area contributed by atoms with E-state index in [1.807, 2.05) is 69.3 Å². The lowest BCUT2D eigenvalue weighted by Gasteiger charge is -2.10. The van der Waals surface area contributed by atoms with Crippen LogP contribution in [0.15, 0.2) is 82.1 Å². The minimum atomic E-state index is -3.89. The third-order valence-electron chi connectivity index (χ3n) is 4.73. The summed E-state index contributed by atoms with van der Waals surface area (Å²) < 4.78 is 36.2. The molecule has 0 saturated carbocycles. The first-order chi connectivity index (χ1) is 14.8. The lowest BCUT2D eigenvalue weighted by molar-refractivity contribution is 0.596. The van der Waals surface area contributed by atoms with Gasteiger partial charge >= 0.3 is 0 Å². The van der Waals surface area contributed by atoms with Crippen molar-refractivity contribution in [3.8, 4) is 5.69 Å². The van der Waals surface area contributed by atoms with E-state index in [0.29, 0.717) is 5.95 Å². The van der Waals surface area contributed by atoms with Crippen LogP contribution >= 0.6 is 11.5 Å². The average molecular weight is 451 g/mol. The highest BCUT2D eigenvalue weighted by atomic mass is 32.2. The van der Waals surface area contributed by atoms with Gasteiger partial charge in [-0.25, -0.2) is 0 Å². The largest absolute Gasteiger partial charge is 0.325 e. The van der Waals surface area contributed by atoms with Gasteiger partial charge in [0.1, 0.15) is 0 Å². The monoisotopic (exact) mass is 450 g/mol. The van der Waals surface area contributed by atoms with E-state index in [0.717, 1.165) is 39.6 Å². The molecule has 0 amide bonds. The van der Waals surface area contributed by atoms with E-state index in [9.17, 15) is 8.42 Å². The Morgan fingerprint density at radius 2 is 1.32 bits per heavy atom. The molecule has 0 spiro atoms. The smallest absolute Gasteiger partial charge is 0.285 e. The molecule has 1 aromatic heterocycles. The maximum Gasteiger partial charge on any atom is 0.285 e. The fraction of sp³-hybridized carbons (Fsp3) is 0.130. The Bertz CT molecular complexity index is 1370. The molecule has 0 fully saturated rings. The molecule has 3 aromatic carbocycles. The van der Waals surface area contributed by atoms with Crippen LogP contribution in [0, 0.1) is 20.8 Å². The van der Waals surface area contributed by atoms with Crippen molar-refractivity contribution in [3.05, 3.63) is 94.3 Å². The SMILES string of the molecule is Cc1ccc(Nc2nsc(=NS(=O)(=O)c3ccc(C)cc3)n2-c2ccc(C)cc2)cc1. The number of nitrogens with zero attached hydrogens (tertiary/aromatic N) is 3. The van der Waals surface area contributed by atoms with Gasteiger partial charge in [0.05, 0.1) is 10.6 Å². The second-order valence-corrected chi connectivity index (χ2v) is 9.66. The summed E-state index contributed by atoms with van der Waals surface area (Å²) in [4.78, 5) is 0.411. The molecule has 8 heteroatoms. The van der Waals surface area contributed by atoms with Crippen LogP contribution in [-0.2, 0) is 10.0 Å². The molecular formula is C23H22N4O2S2. The molecule has 31 heavy (non-hydrogen) atoms. The summed E-state index contributed by atoms with van der Waals surface area (Å²) in [6, 6.07) is 22.3. The molecule has 0 bridgehead atoms. The molecule has 1 N–H and O–H groups in total. The van der Waals surface area contributed by atoms with Crippen LogP contribution in [0.3, 0.4) is 0 Å². The second-order valence-electron chi connectivity index (χ2n) is 7.33. The van der Waals surface area contributed by atoms with Gasteiger partial charge in [0, 0.05) is 17.2 Å². The molecule has 0 atom stereocenters. The normalized spacial score (nSPS) is 12.2. The molecular weight excluding hydrogens is 428 g/mol. The van der Waals surface area contributed by atoms with Gasteiger partial charge in [-0.1, -0.05) is 53.1 Å². The van der Waals surface area contributed by atoms with Gasteiger partial charge in [0.15, 0.2) is 0 Å². The Hall–Kier alpha value is -3.23. The van der Waals surface area contributed by atoms with Gasteiger partial charge in [-0.15, -0.1) is 4.40 Å². The summed E-state index contributed by atoms with van der Waals surface area (Å²) in [5.41, 5.74) is 4.86. The fourth-order valence-corrected chi connectivity index (χ4v) is 4.82. The van der Waals surface area contributed by atoms with Crippen LogP contribution in [0.4, 0.5) is 11.6 Å². The highest BCUT2D eigenvalue weighted by Crippen LogP contribution is 2.20. The Balaban J connectivity index is 1.85. The summed E-state index contributed by atoms with van der Waals surface area (Å²) >= 11 is 1.03.